The van der Waals surface area contributed by atoms with Crippen molar-refractivity contribution >= 4 is 5.91 Å². The lowest BCUT2D eigenvalue weighted by molar-refractivity contribution is -0.237. The highest BCUT2D eigenvalue weighted by Gasteiger charge is 2.61. The molecule has 1 aliphatic carbocycles. The molecule has 0 bridgehead atoms. The van der Waals surface area contributed by atoms with Crippen LogP contribution < -0.4 is 4.74 Å². The molecule has 2 aliphatic rings. The summed E-state index contributed by atoms with van der Waals surface area (Å²) >= 11 is 0. The van der Waals surface area contributed by atoms with Crippen LogP contribution in [0.4, 0.5) is 35.1 Å². The van der Waals surface area contributed by atoms with Crippen molar-refractivity contribution in [1.82, 2.24) is 24.5 Å². The van der Waals surface area contributed by atoms with Gasteiger partial charge in [0.05, 0.1) is 29.5 Å². The van der Waals surface area contributed by atoms with Crippen LogP contribution in [0.5, 0.6) is 5.75 Å². The number of aromatic nitrogens is 4. The number of aryl methyl sites for hydroxylation is 1. The number of ether oxygens (including phenoxy) is 1. The minimum absolute atomic E-state index is 0.0253. The summed E-state index contributed by atoms with van der Waals surface area (Å²) in [5.74, 6) is -2.60. The van der Waals surface area contributed by atoms with Gasteiger partial charge < -0.3 is 9.64 Å². The Balaban J connectivity index is 1.62. The maximum absolute atomic E-state index is 15.7. The van der Waals surface area contributed by atoms with E-state index in [0.717, 1.165) is 51.9 Å². The van der Waals surface area contributed by atoms with Gasteiger partial charge in [-0.1, -0.05) is 24.8 Å². The van der Waals surface area contributed by atoms with Gasteiger partial charge in [0.25, 0.3) is 17.9 Å². The molecule has 0 saturated heterocycles. The molecule has 9 nitrogen and oxygen atoms in total. The van der Waals surface area contributed by atoms with Gasteiger partial charge >= 0.3 is 12.4 Å². The second-order valence-electron chi connectivity index (χ2n) is 10.6. The van der Waals surface area contributed by atoms with Crippen LogP contribution in [0.15, 0.2) is 54.9 Å². The number of carbonyl (C=O) groups excluding carboxylic acids is 1. The number of carbonyl (C=O) groups is 1. The Kier molecular flexibility index (Phi) is 7.71. The van der Waals surface area contributed by atoms with E-state index in [9.17, 15) is 46.1 Å². The number of fused-ring (bicyclic) bond motifs is 1. The van der Waals surface area contributed by atoms with E-state index in [1.807, 2.05) is 6.07 Å². The van der Waals surface area contributed by atoms with E-state index < -0.39 is 82.8 Å². The second kappa shape index (κ2) is 11.0. The molecule has 0 N–H and O–H groups in total. The lowest BCUT2D eigenvalue weighted by atomic mass is 9.93. The molecule has 17 heteroatoms. The van der Waals surface area contributed by atoms with Crippen molar-refractivity contribution in [3.8, 4) is 34.8 Å². The molecule has 2 aromatic heterocycles. The number of amides is 1. The van der Waals surface area contributed by atoms with Crippen LogP contribution in [-0.2, 0) is 18.9 Å². The summed E-state index contributed by atoms with van der Waals surface area (Å²) in [7, 11) is 1.12. The average molecular weight is 652 g/mol. The fraction of sp³-hybridized carbons (Fsp3) is 0.345. The largest absolute Gasteiger partial charge is 0.450 e. The molecule has 1 amide bonds. The number of nitrogens with zero attached hydrogens (tertiary/aromatic N) is 7. The van der Waals surface area contributed by atoms with E-state index in [2.05, 4.69) is 16.8 Å². The summed E-state index contributed by atoms with van der Waals surface area (Å²) < 4.78 is 122. The molecule has 0 radical (unpaired) electrons. The van der Waals surface area contributed by atoms with Gasteiger partial charge in [0.15, 0.2) is 17.3 Å². The number of allylic oxidation sites excluding steroid dienone is 1. The molecule has 0 spiro atoms. The number of halogens is 8. The third-order valence-corrected chi connectivity index (χ3v) is 7.75. The monoisotopic (exact) mass is 651 g/mol. The van der Waals surface area contributed by atoms with Crippen molar-refractivity contribution < 1.29 is 44.7 Å². The van der Waals surface area contributed by atoms with Gasteiger partial charge in [-0.05, 0) is 30.5 Å². The number of hydrogen-bond donors (Lipinski definition) is 0. The molecule has 2 unspecified atom stereocenters. The molecule has 46 heavy (non-hydrogen) atoms. The predicted octanol–water partition coefficient (Wildman–Crippen LogP) is 6.23. The van der Waals surface area contributed by atoms with Gasteiger partial charge in [-0.25, -0.2) is 13.8 Å². The van der Waals surface area contributed by atoms with Crippen LogP contribution in [0, 0.1) is 22.7 Å². The average Bonchev–Trinajstić information content (AvgIpc) is 3.51. The van der Waals surface area contributed by atoms with E-state index in [-0.39, 0.29) is 24.0 Å². The topological polar surface area (TPSA) is 113 Å². The van der Waals surface area contributed by atoms with Crippen molar-refractivity contribution in [2.75, 3.05) is 6.54 Å². The zero-order valence-electron chi connectivity index (χ0n) is 23.6. The minimum Gasteiger partial charge on any atom is -0.450 e. The molecule has 3 heterocycles. The first-order valence-corrected chi connectivity index (χ1v) is 13.3. The number of benzene rings is 1. The van der Waals surface area contributed by atoms with Crippen molar-refractivity contribution in [2.24, 2.45) is 7.05 Å². The zero-order chi connectivity index (χ0) is 33.8. The Bertz CT molecular complexity index is 1840. The van der Waals surface area contributed by atoms with Gasteiger partial charge in [-0.2, -0.15) is 51.5 Å². The SMILES string of the molecule is C=C/C1=C/CC(F)(C(F)(F)F)c2nn(C)c(-n3cc(-c4ccc(C(F)(F)F)c(C(=O)N(CC#N)C5(C#N)CC5)c4)cn3)c2OC1F. The fourth-order valence-electron chi connectivity index (χ4n) is 5.09. The first-order chi connectivity index (χ1) is 21.5. The summed E-state index contributed by atoms with van der Waals surface area (Å²) in [6.07, 6.45) is -10.1. The summed E-state index contributed by atoms with van der Waals surface area (Å²) in [5.41, 5.74) is -9.47. The molecule has 1 fully saturated rings. The van der Waals surface area contributed by atoms with Crippen molar-refractivity contribution in [1.29, 1.82) is 10.5 Å². The van der Waals surface area contributed by atoms with Crippen LogP contribution in [0.1, 0.15) is 40.9 Å². The van der Waals surface area contributed by atoms with Gasteiger partial charge in [0, 0.05) is 30.8 Å². The van der Waals surface area contributed by atoms with E-state index in [1.165, 1.54) is 0 Å². The summed E-state index contributed by atoms with van der Waals surface area (Å²) in [4.78, 5) is 14.2. The Morgan fingerprint density at radius 3 is 2.48 bits per heavy atom. The molecule has 5 rings (SSSR count). The summed E-state index contributed by atoms with van der Waals surface area (Å²) in [6, 6.07) is 6.08. The van der Waals surface area contributed by atoms with Crippen molar-refractivity contribution in [2.45, 2.75) is 49.2 Å². The first-order valence-electron chi connectivity index (χ1n) is 13.3. The molecule has 1 aliphatic heterocycles. The molecular formula is C29H21F8N7O2. The van der Waals surface area contributed by atoms with Gasteiger partial charge in [0.1, 0.15) is 12.1 Å². The Morgan fingerprint density at radius 2 is 1.91 bits per heavy atom. The summed E-state index contributed by atoms with van der Waals surface area (Å²) in [6.45, 7) is 2.67. The predicted molar refractivity (Wildman–Crippen MR) is 142 cm³/mol. The Labute approximate surface area is 255 Å². The lowest BCUT2D eigenvalue weighted by Crippen LogP contribution is -2.42. The van der Waals surface area contributed by atoms with E-state index in [1.54, 1.807) is 6.07 Å². The lowest BCUT2D eigenvalue weighted by Gasteiger charge is -2.28. The maximum Gasteiger partial charge on any atom is 0.428 e. The Hall–Kier alpha value is -5.19. The highest BCUT2D eigenvalue weighted by Crippen LogP contribution is 2.51. The van der Waals surface area contributed by atoms with E-state index >= 15 is 4.39 Å². The molecule has 1 aromatic carbocycles. The first kappa shape index (κ1) is 32.2. The second-order valence-corrected chi connectivity index (χ2v) is 10.6. The number of hydrogen-bond acceptors (Lipinski definition) is 6. The highest BCUT2D eigenvalue weighted by molar-refractivity contribution is 5.98. The summed E-state index contributed by atoms with van der Waals surface area (Å²) in [5, 5.41) is 26.4. The smallest absolute Gasteiger partial charge is 0.428 e. The zero-order valence-corrected chi connectivity index (χ0v) is 23.6. The quantitative estimate of drug-likeness (QED) is 0.231. The van der Waals surface area contributed by atoms with Crippen LogP contribution >= 0.6 is 0 Å². The Morgan fingerprint density at radius 1 is 1.22 bits per heavy atom. The van der Waals surface area contributed by atoms with E-state index in [4.69, 9.17) is 4.74 Å². The van der Waals surface area contributed by atoms with Crippen LogP contribution in [0.2, 0.25) is 0 Å². The number of alkyl halides is 8. The standard InChI is InChI=1S/C29H21F8N7O2/c1-3-16-6-7-27(31,29(35,36)37)22-21(46-23(16)30)24(42(2)41-22)44-14-18(13-40-44)17-4-5-20(28(32,33)34)19(12-17)25(45)43(11-10-38)26(15-39)8-9-26/h3-6,12-14,23H,1,7-9,11H2,2H3/b16-6-. The molecular weight excluding hydrogens is 630 g/mol. The number of nitriles is 2. The van der Waals surface area contributed by atoms with Crippen LogP contribution in [0.25, 0.3) is 16.9 Å². The third-order valence-electron chi connectivity index (χ3n) is 7.75. The molecule has 2 atom stereocenters. The van der Waals surface area contributed by atoms with Gasteiger partial charge in [-0.3, -0.25) is 4.79 Å². The van der Waals surface area contributed by atoms with Crippen LogP contribution in [0.3, 0.4) is 0 Å². The van der Waals surface area contributed by atoms with Gasteiger partial charge in [-0.15, -0.1) is 0 Å². The third kappa shape index (κ3) is 5.25. The van der Waals surface area contributed by atoms with Gasteiger partial charge in [0.2, 0.25) is 0 Å². The maximum atomic E-state index is 15.7. The fourth-order valence-corrected chi connectivity index (χ4v) is 5.09. The van der Waals surface area contributed by atoms with Crippen LogP contribution in [-0.4, -0.2) is 55.0 Å². The molecule has 1 saturated carbocycles. The van der Waals surface area contributed by atoms with E-state index in [0.29, 0.717) is 12.1 Å². The number of rotatable bonds is 6. The molecule has 3 aromatic rings. The van der Waals surface area contributed by atoms with Crippen molar-refractivity contribution in [3.05, 3.63) is 71.7 Å². The van der Waals surface area contributed by atoms with Crippen molar-refractivity contribution in [3.63, 3.8) is 0 Å². The minimum atomic E-state index is -5.51. The molecule has 240 valence electrons. The normalized spacial score (nSPS) is 21.7. The highest BCUT2D eigenvalue weighted by atomic mass is 19.4.